The fourth-order valence-corrected chi connectivity index (χ4v) is 4.10. The number of hydrogen-bond acceptors (Lipinski definition) is 10. The van der Waals surface area contributed by atoms with Gasteiger partial charge in [0.15, 0.2) is 17.7 Å². The molecule has 1 saturated heterocycles. The van der Waals surface area contributed by atoms with Crippen molar-refractivity contribution in [1.82, 2.24) is 4.90 Å². The predicted octanol–water partition coefficient (Wildman–Crippen LogP) is -1.34. The predicted molar refractivity (Wildman–Crippen MR) is 112 cm³/mol. The molecule has 0 aliphatic carbocycles. The standard InChI is InChI=1S/C17H21IN6O4/c18-9-3-8(1-2-10(9)19)4-17(20)14-15(21-6-23-17)24(7-22-14)16-13(27)12(26)11(5-25)28-16/h1-3,6,11-13,16,25-27H,4-5,7,19-20H2/t11-,12-,13-,16-,17?/m1/s1/i5D,18-2/t5?,11-,12-,13-,16-,17?. The summed E-state index contributed by atoms with van der Waals surface area (Å²) in [5, 5.41) is 29.9. The number of benzene rings is 1. The molecule has 1 fully saturated rings. The van der Waals surface area contributed by atoms with E-state index in [0.717, 1.165) is 9.13 Å². The second-order valence-corrected chi connectivity index (χ2v) is 8.06. The van der Waals surface area contributed by atoms with Gasteiger partial charge in [0.2, 0.25) is 0 Å². The minimum atomic E-state index is -1.69. The third kappa shape index (κ3) is 3.21. The topological polar surface area (TPSA) is 162 Å². The van der Waals surface area contributed by atoms with Gasteiger partial charge in [-0.1, -0.05) is 6.07 Å². The van der Waals surface area contributed by atoms with Gasteiger partial charge in [-0.25, -0.2) is 9.98 Å². The monoisotopic (exact) mass is 499 g/mol. The van der Waals surface area contributed by atoms with Crippen LogP contribution in [0.25, 0.3) is 0 Å². The zero-order valence-electron chi connectivity index (χ0n) is 15.7. The second-order valence-electron chi connectivity index (χ2n) is 6.89. The smallest absolute Gasteiger partial charge is 0.162 e. The molecule has 7 N–H and O–H groups in total. The zero-order chi connectivity index (χ0) is 20.9. The van der Waals surface area contributed by atoms with E-state index >= 15 is 0 Å². The Kier molecular flexibility index (Phi) is 4.80. The lowest BCUT2D eigenvalue weighted by atomic mass is 9.94. The van der Waals surface area contributed by atoms with E-state index in [2.05, 4.69) is 37.6 Å². The lowest BCUT2D eigenvalue weighted by molar-refractivity contribution is -0.0688. The van der Waals surface area contributed by atoms with Crippen LogP contribution in [0.15, 0.2) is 33.2 Å². The molecule has 0 saturated carbocycles. The van der Waals surface area contributed by atoms with Crippen LogP contribution in [0.2, 0.25) is 0 Å². The molecule has 28 heavy (non-hydrogen) atoms. The molecule has 0 spiro atoms. The molecule has 10 nitrogen and oxygen atoms in total. The number of anilines is 1. The molecule has 3 aliphatic rings. The van der Waals surface area contributed by atoms with Crippen molar-refractivity contribution in [3.63, 3.8) is 0 Å². The number of fused-ring (bicyclic) bond motifs is 1. The zero-order valence-corrected chi connectivity index (χ0v) is 16.8. The number of aliphatic imine (C=N–C) groups is 3. The van der Waals surface area contributed by atoms with Crippen LogP contribution in [0.5, 0.6) is 0 Å². The fraction of sp³-hybridized carbons (Fsp3) is 0.471. The Balaban J connectivity index is 1.57. The number of aliphatic hydroxyl groups excluding tert-OH is 3. The summed E-state index contributed by atoms with van der Waals surface area (Å²) in [6, 6.07) is 5.61. The highest BCUT2D eigenvalue weighted by Gasteiger charge is 2.50. The number of nitrogen functional groups attached to an aromatic ring is 1. The van der Waals surface area contributed by atoms with Crippen molar-refractivity contribution in [2.45, 2.75) is 36.6 Å². The highest BCUT2D eigenvalue weighted by atomic mass is 125. The Morgan fingerprint density at radius 3 is 2.86 bits per heavy atom. The van der Waals surface area contributed by atoms with Crippen LogP contribution in [-0.4, -0.2) is 81.6 Å². The molecule has 6 atom stereocenters. The largest absolute Gasteiger partial charge is 0.398 e. The molecule has 1 aromatic rings. The van der Waals surface area contributed by atoms with E-state index in [-0.39, 0.29) is 6.67 Å². The van der Waals surface area contributed by atoms with Crippen LogP contribution < -0.4 is 11.5 Å². The molecule has 0 bridgehead atoms. The van der Waals surface area contributed by atoms with Crippen LogP contribution in [0, 0.1) is 3.57 Å². The molecule has 0 radical (unpaired) electrons. The Labute approximate surface area is 176 Å². The molecule has 0 aromatic heterocycles. The van der Waals surface area contributed by atoms with Crippen LogP contribution in [0.1, 0.15) is 6.93 Å². The van der Waals surface area contributed by atoms with Crippen molar-refractivity contribution in [2.24, 2.45) is 20.7 Å². The maximum atomic E-state index is 10.4. The van der Waals surface area contributed by atoms with Gasteiger partial charge in [-0.05, 0) is 40.3 Å². The van der Waals surface area contributed by atoms with Crippen LogP contribution in [0.4, 0.5) is 5.69 Å². The molecule has 1 aromatic carbocycles. The summed E-state index contributed by atoms with van der Waals surface area (Å²) < 4.78 is 13.8. The molecular formula is C17H21IN6O4. The number of hydrogen-bond donors (Lipinski definition) is 5. The van der Waals surface area contributed by atoms with Gasteiger partial charge in [0.1, 0.15) is 37.0 Å². The molecule has 150 valence electrons. The average molecular weight is 499 g/mol. The summed E-state index contributed by atoms with van der Waals surface area (Å²) in [7, 11) is 0. The third-order valence-corrected chi connectivity index (χ3v) is 5.95. The van der Waals surface area contributed by atoms with E-state index in [4.69, 9.17) is 17.6 Å². The van der Waals surface area contributed by atoms with Crippen molar-refractivity contribution in [1.29, 1.82) is 0 Å². The number of nitrogens with zero attached hydrogens (tertiary/aromatic N) is 4. The summed E-state index contributed by atoms with van der Waals surface area (Å²) in [5.74, 6) is 0.379. The van der Waals surface area contributed by atoms with E-state index in [1.165, 1.54) is 6.34 Å². The number of rotatable bonds is 4. The summed E-state index contributed by atoms with van der Waals surface area (Å²) in [6.07, 6.45) is -3.32. The number of aliphatic hydroxyl groups is 3. The van der Waals surface area contributed by atoms with Gasteiger partial charge >= 0.3 is 0 Å². The number of halogens is 1. The molecule has 3 heterocycles. The van der Waals surface area contributed by atoms with Crippen LogP contribution in [0.3, 0.4) is 0 Å². The number of amidine groups is 1. The van der Waals surface area contributed by atoms with Crippen molar-refractivity contribution in [3.8, 4) is 0 Å². The first kappa shape index (κ1) is 18.4. The minimum absolute atomic E-state index is 0.0883. The summed E-state index contributed by atoms with van der Waals surface area (Å²) >= 11 is 2.15. The van der Waals surface area contributed by atoms with Crippen molar-refractivity contribution < 1.29 is 21.4 Å². The van der Waals surface area contributed by atoms with E-state index in [1.54, 1.807) is 11.0 Å². The molecule has 4 rings (SSSR count). The van der Waals surface area contributed by atoms with E-state index in [9.17, 15) is 15.3 Å². The maximum absolute atomic E-state index is 10.4. The van der Waals surface area contributed by atoms with E-state index in [0.29, 0.717) is 23.7 Å². The molecular weight excluding hydrogens is 477 g/mol. The van der Waals surface area contributed by atoms with Crippen molar-refractivity contribution in [3.05, 3.63) is 27.3 Å². The second kappa shape index (κ2) is 7.31. The van der Waals surface area contributed by atoms with Crippen molar-refractivity contribution in [2.75, 3.05) is 19.0 Å². The van der Waals surface area contributed by atoms with Crippen LogP contribution >= 0.6 is 22.6 Å². The Morgan fingerprint density at radius 1 is 1.39 bits per heavy atom. The first-order valence-electron chi connectivity index (χ1n) is 9.17. The highest BCUT2D eigenvalue weighted by Crippen LogP contribution is 2.30. The quantitative estimate of drug-likeness (QED) is 0.253. The Bertz CT molecular complexity index is 912. The first-order valence-corrected chi connectivity index (χ1v) is 9.67. The molecule has 3 aliphatic heterocycles. The number of nitrogens with two attached hydrogens (primary N) is 2. The molecule has 2 unspecified atom stereocenters. The van der Waals surface area contributed by atoms with Crippen molar-refractivity contribution >= 4 is 46.2 Å². The van der Waals surface area contributed by atoms with Gasteiger partial charge in [-0.15, -0.1) is 0 Å². The van der Waals surface area contributed by atoms with Gasteiger partial charge in [-0.3, -0.25) is 4.99 Å². The number of ether oxygens (including phenoxy) is 1. The molecule has 11 heteroatoms. The minimum Gasteiger partial charge on any atom is -0.398 e. The summed E-state index contributed by atoms with van der Waals surface area (Å²) in [6.45, 7) is -1.60. The Morgan fingerprint density at radius 2 is 2.18 bits per heavy atom. The summed E-state index contributed by atoms with van der Waals surface area (Å²) in [4.78, 5) is 14.6. The molecule has 0 amide bonds. The van der Waals surface area contributed by atoms with E-state index < -0.39 is 36.8 Å². The first-order chi connectivity index (χ1) is 13.7. The fourth-order valence-electron chi connectivity index (χ4n) is 3.52. The summed E-state index contributed by atoms with van der Waals surface area (Å²) in [5.41, 5.74) is 13.3. The van der Waals surface area contributed by atoms with E-state index in [1.807, 2.05) is 12.1 Å². The SMILES string of the molecule is [2H]C(O)[C@H]1O[C@@H](N2CN=C3C2=NC=NC3(N)Cc2ccc(N)c([125I])c2)[C@H](O)[C@@H]1O. The van der Waals surface area contributed by atoms with Gasteiger partial charge < -0.3 is 36.4 Å². The third-order valence-electron chi connectivity index (χ3n) is 5.01. The normalized spacial score (nSPS) is 36.0. The van der Waals surface area contributed by atoms with Gasteiger partial charge in [0.25, 0.3) is 0 Å². The van der Waals surface area contributed by atoms with Crippen LogP contribution in [-0.2, 0) is 11.2 Å². The highest BCUT2D eigenvalue weighted by molar-refractivity contribution is 14.1. The van der Waals surface area contributed by atoms with Gasteiger partial charge in [-0.2, -0.15) is 0 Å². The lowest BCUT2D eigenvalue weighted by Gasteiger charge is -2.32. The average Bonchev–Trinajstić information content (AvgIpc) is 3.21. The maximum Gasteiger partial charge on any atom is 0.162 e. The Hall–Kier alpha value is -1.64. The van der Waals surface area contributed by atoms with Gasteiger partial charge in [0.05, 0.1) is 7.95 Å². The lowest BCUT2D eigenvalue weighted by Crippen LogP contribution is -2.56. The van der Waals surface area contributed by atoms with Gasteiger partial charge in [0, 0.05) is 15.7 Å².